The second-order valence-corrected chi connectivity index (χ2v) is 5.31. The fraction of sp³-hybridized carbons (Fsp3) is 0.500. The highest BCUT2D eigenvalue weighted by atomic mass is 32.2. The molecule has 0 aromatic carbocycles. The summed E-state index contributed by atoms with van der Waals surface area (Å²) in [5.74, 6) is 0.227. The SMILES string of the molecule is CCCC[N+]([O-])=Cc1ccc(S(=O)(=O)NC)o1. The van der Waals surface area contributed by atoms with Crippen molar-refractivity contribution in [1.82, 2.24) is 4.72 Å². The van der Waals surface area contributed by atoms with Crippen LogP contribution in [-0.4, -0.2) is 33.0 Å². The molecule has 1 aromatic heterocycles. The molecule has 0 atom stereocenters. The van der Waals surface area contributed by atoms with Crippen molar-refractivity contribution in [3.05, 3.63) is 23.1 Å². The molecule has 0 spiro atoms. The van der Waals surface area contributed by atoms with Crippen molar-refractivity contribution in [2.45, 2.75) is 24.9 Å². The topological polar surface area (TPSA) is 85.4 Å². The summed E-state index contributed by atoms with van der Waals surface area (Å²) in [4.78, 5) is 0. The normalized spacial score (nSPS) is 12.9. The van der Waals surface area contributed by atoms with Gasteiger partial charge in [-0.05, 0) is 19.2 Å². The summed E-state index contributed by atoms with van der Waals surface area (Å²) < 4.78 is 30.6. The van der Waals surface area contributed by atoms with Crippen LogP contribution in [0.3, 0.4) is 0 Å². The van der Waals surface area contributed by atoms with Crippen molar-refractivity contribution in [1.29, 1.82) is 0 Å². The van der Waals surface area contributed by atoms with Crippen LogP contribution in [0.1, 0.15) is 25.5 Å². The minimum absolute atomic E-state index is 0.199. The summed E-state index contributed by atoms with van der Waals surface area (Å²) in [7, 11) is -2.29. The predicted octanol–water partition coefficient (Wildman–Crippen LogP) is 0.917. The lowest BCUT2D eigenvalue weighted by molar-refractivity contribution is -0.453. The minimum atomic E-state index is -3.59. The zero-order chi connectivity index (χ0) is 12.9. The fourth-order valence-electron chi connectivity index (χ4n) is 1.17. The Balaban J connectivity index is 2.82. The zero-order valence-electron chi connectivity index (χ0n) is 9.84. The van der Waals surface area contributed by atoms with Crippen molar-refractivity contribution in [2.24, 2.45) is 0 Å². The van der Waals surface area contributed by atoms with Gasteiger partial charge in [0.25, 0.3) is 10.0 Å². The van der Waals surface area contributed by atoms with E-state index in [9.17, 15) is 13.6 Å². The van der Waals surface area contributed by atoms with E-state index in [4.69, 9.17) is 4.42 Å². The number of nitrogens with one attached hydrogen (secondary N) is 1. The van der Waals surface area contributed by atoms with Gasteiger partial charge >= 0.3 is 0 Å². The van der Waals surface area contributed by atoms with Crippen LogP contribution in [0.5, 0.6) is 0 Å². The second-order valence-electron chi connectivity index (χ2n) is 3.49. The van der Waals surface area contributed by atoms with Crippen molar-refractivity contribution in [3.63, 3.8) is 0 Å². The lowest BCUT2D eigenvalue weighted by atomic mass is 10.3. The number of nitrogens with zero attached hydrogens (tertiary/aromatic N) is 1. The molecule has 17 heavy (non-hydrogen) atoms. The van der Waals surface area contributed by atoms with Gasteiger partial charge in [-0.2, -0.15) is 0 Å². The number of unbranched alkanes of at least 4 members (excludes halogenated alkanes) is 1. The standard InChI is InChI=1S/C10H16N2O4S/c1-3-4-7-12(13)8-9-5-6-10(16-9)17(14,15)11-2/h5-6,8,11H,3-4,7H2,1-2H3. The highest BCUT2D eigenvalue weighted by Gasteiger charge is 2.16. The van der Waals surface area contributed by atoms with Gasteiger partial charge in [-0.15, -0.1) is 0 Å². The first kappa shape index (κ1) is 13.7. The molecule has 1 N–H and O–H groups in total. The summed E-state index contributed by atoms with van der Waals surface area (Å²) in [6.45, 7) is 2.35. The number of rotatable bonds is 6. The average molecular weight is 260 g/mol. The monoisotopic (exact) mass is 260 g/mol. The van der Waals surface area contributed by atoms with E-state index in [0.717, 1.165) is 17.6 Å². The number of hydrogen-bond donors (Lipinski definition) is 1. The highest BCUT2D eigenvalue weighted by molar-refractivity contribution is 7.89. The molecule has 0 saturated carbocycles. The summed E-state index contributed by atoms with van der Waals surface area (Å²) in [6, 6.07) is 2.76. The van der Waals surface area contributed by atoms with Gasteiger partial charge in [0.15, 0.2) is 12.3 Å². The molecule has 0 radical (unpaired) electrons. The fourth-order valence-corrected chi connectivity index (χ4v) is 1.82. The third-order valence-corrected chi connectivity index (χ3v) is 3.43. The number of hydroxylamine groups is 1. The number of sulfonamides is 1. The average Bonchev–Trinajstić information content (AvgIpc) is 2.75. The minimum Gasteiger partial charge on any atom is -0.624 e. The van der Waals surface area contributed by atoms with Crippen LogP contribution >= 0.6 is 0 Å². The van der Waals surface area contributed by atoms with E-state index >= 15 is 0 Å². The molecule has 0 bridgehead atoms. The lowest BCUT2D eigenvalue weighted by Gasteiger charge is -2.01. The van der Waals surface area contributed by atoms with Crippen LogP contribution in [0.2, 0.25) is 0 Å². The Bertz CT molecular complexity index is 490. The first-order valence-corrected chi connectivity index (χ1v) is 6.80. The third kappa shape index (κ3) is 3.86. The van der Waals surface area contributed by atoms with Crippen LogP contribution in [-0.2, 0) is 10.0 Å². The number of furan rings is 1. The van der Waals surface area contributed by atoms with Gasteiger partial charge in [0, 0.05) is 6.42 Å². The molecule has 96 valence electrons. The Morgan fingerprint density at radius 1 is 1.53 bits per heavy atom. The van der Waals surface area contributed by atoms with E-state index < -0.39 is 10.0 Å². The predicted molar refractivity (Wildman–Crippen MR) is 63.5 cm³/mol. The lowest BCUT2D eigenvalue weighted by Crippen LogP contribution is -2.17. The maximum atomic E-state index is 11.4. The van der Waals surface area contributed by atoms with Crippen LogP contribution in [0.25, 0.3) is 0 Å². The van der Waals surface area contributed by atoms with Gasteiger partial charge in [-0.1, -0.05) is 13.3 Å². The highest BCUT2D eigenvalue weighted by Crippen LogP contribution is 2.11. The van der Waals surface area contributed by atoms with E-state index in [2.05, 4.69) is 4.72 Å². The second kappa shape index (κ2) is 5.83. The Hall–Kier alpha value is -1.34. The molecule has 0 saturated heterocycles. The molecule has 1 aromatic rings. The molecule has 1 rings (SSSR count). The van der Waals surface area contributed by atoms with Crippen LogP contribution < -0.4 is 4.72 Å². The molecule has 0 unspecified atom stereocenters. The summed E-state index contributed by atoms with van der Waals surface area (Å²) in [5, 5.41) is 11.1. The first-order valence-electron chi connectivity index (χ1n) is 5.31. The van der Waals surface area contributed by atoms with Gasteiger partial charge in [0.05, 0.1) is 0 Å². The van der Waals surface area contributed by atoms with E-state index in [0.29, 0.717) is 6.54 Å². The smallest absolute Gasteiger partial charge is 0.273 e. The zero-order valence-corrected chi connectivity index (χ0v) is 10.7. The maximum Gasteiger partial charge on any atom is 0.273 e. The van der Waals surface area contributed by atoms with Gasteiger partial charge in [-0.3, -0.25) is 0 Å². The Labute approximate surface area is 101 Å². The molecule has 0 fully saturated rings. The van der Waals surface area contributed by atoms with Crippen molar-refractivity contribution in [3.8, 4) is 0 Å². The molecule has 1 heterocycles. The molecule has 0 aliphatic rings. The Morgan fingerprint density at radius 2 is 2.24 bits per heavy atom. The van der Waals surface area contributed by atoms with Crippen LogP contribution in [0, 0.1) is 5.21 Å². The van der Waals surface area contributed by atoms with Gasteiger partial charge < -0.3 is 9.62 Å². The van der Waals surface area contributed by atoms with E-state index in [1.165, 1.54) is 25.4 Å². The number of hydrogen-bond acceptors (Lipinski definition) is 4. The van der Waals surface area contributed by atoms with Crippen molar-refractivity contribution < 1.29 is 17.6 Å². The molecular formula is C10H16N2O4S. The van der Waals surface area contributed by atoms with Crippen LogP contribution in [0.4, 0.5) is 0 Å². The maximum absolute atomic E-state index is 11.4. The molecule has 6 nitrogen and oxygen atoms in total. The molecule has 7 heteroatoms. The molecule has 0 aliphatic carbocycles. The Kier molecular flexibility index (Phi) is 4.71. The van der Waals surface area contributed by atoms with Crippen molar-refractivity contribution >= 4 is 16.2 Å². The largest absolute Gasteiger partial charge is 0.624 e. The summed E-state index contributed by atoms with van der Waals surface area (Å²) in [5.41, 5.74) is 0. The third-order valence-electron chi connectivity index (χ3n) is 2.14. The van der Waals surface area contributed by atoms with Gasteiger partial charge in [0.2, 0.25) is 11.3 Å². The van der Waals surface area contributed by atoms with E-state index in [1.807, 2.05) is 6.92 Å². The molecule has 0 amide bonds. The van der Waals surface area contributed by atoms with E-state index in [1.54, 1.807) is 0 Å². The first-order chi connectivity index (χ1) is 7.99. The van der Waals surface area contributed by atoms with Gasteiger partial charge in [-0.25, -0.2) is 17.9 Å². The molecule has 0 aliphatic heterocycles. The quantitative estimate of drug-likeness (QED) is 0.356. The van der Waals surface area contributed by atoms with Gasteiger partial charge in [0.1, 0.15) is 0 Å². The Morgan fingerprint density at radius 3 is 2.82 bits per heavy atom. The summed E-state index contributed by atoms with van der Waals surface area (Å²) in [6.07, 6.45) is 2.94. The molecular weight excluding hydrogens is 244 g/mol. The van der Waals surface area contributed by atoms with Crippen molar-refractivity contribution in [2.75, 3.05) is 13.6 Å². The van der Waals surface area contributed by atoms with Crippen LogP contribution in [0.15, 0.2) is 21.6 Å². The summed E-state index contributed by atoms with van der Waals surface area (Å²) >= 11 is 0. The van der Waals surface area contributed by atoms with E-state index in [-0.39, 0.29) is 10.9 Å².